The zero-order valence-corrected chi connectivity index (χ0v) is 16.0. The zero-order chi connectivity index (χ0) is 18.5. The van der Waals surface area contributed by atoms with Crippen molar-refractivity contribution >= 4 is 29.3 Å². The van der Waals surface area contributed by atoms with Crippen LogP contribution in [0.15, 0.2) is 23.6 Å². The van der Waals surface area contributed by atoms with E-state index in [-0.39, 0.29) is 7.05 Å². The van der Waals surface area contributed by atoms with Crippen LogP contribution in [0.1, 0.15) is 44.1 Å². The topological polar surface area (TPSA) is 73.7 Å². The molecule has 4 aliphatic carbocycles. The number of nitrogens with zero attached hydrogens (tertiary/aromatic N) is 3. The monoisotopic (exact) mass is 376 g/mol. The van der Waals surface area contributed by atoms with Crippen molar-refractivity contribution in [3.63, 3.8) is 0 Å². The normalized spacial score (nSPS) is 38.5. The molecule has 7 heteroatoms. The maximum Gasteiger partial charge on any atom is 0.471 e. The number of aromatic nitrogens is 2. The summed E-state index contributed by atoms with van der Waals surface area (Å²) in [6.45, 7) is 1.72. The summed E-state index contributed by atoms with van der Waals surface area (Å²) in [6, 6.07) is 2.14. The lowest BCUT2D eigenvalue weighted by Crippen LogP contribution is -2.61. The number of pyridine rings is 1. The maximum absolute atomic E-state index is 11.1. The molecule has 144 valence electrons. The molecule has 2 unspecified atom stereocenters. The van der Waals surface area contributed by atoms with Gasteiger partial charge in [-0.1, -0.05) is 0 Å². The van der Waals surface area contributed by atoms with Crippen molar-refractivity contribution in [3.05, 3.63) is 24.0 Å². The van der Waals surface area contributed by atoms with Crippen molar-refractivity contribution in [1.82, 2.24) is 14.9 Å². The summed E-state index contributed by atoms with van der Waals surface area (Å²) >= 11 is 0. The van der Waals surface area contributed by atoms with Crippen molar-refractivity contribution in [2.24, 2.45) is 28.8 Å². The number of aromatic amines is 1. The molecule has 0 radical (unpaired) electrons. The van der Waals surface area contributed by atoms with Gasteiger partial charge in [0, 0.05) is 47.9 Å². The molecule has 2 N–H and O–H groups in total. The Morgan fingerprint density at radius 2 is 2.11 bits per heavy atom. The number of nitrogens with one attached hydrogen (secondary N) is 1. The van der Waals surface area contributed by atoms with Crippen LogP contribution in [0.4, 0.5) is 0 Å². The van der Waals surface area contributed by atoms with E-state index in [0.717, 1.165) is 49.9 Å². The van der Waals surface area contributed by atoms with Gasteiger partial charge >= 0.3 is 7.05 Å². The lowest BCUT2D eigenvalue weighted by atomic mass is 9.48. The van der Waals surface area contributed by atoms with Gasteiger partial charge in [0.2, 0.25) is 0 Å². The Bertz CT molecular complexity index is 987. The molecule has 6 aliphatic rings. The summed E-state index contributed by atoms with van der Waals surface area (Å²) < 4.78 is 6.13. The summed E-state index contributed by atoms with van der Waals surface area (Å²) in [4.78, 5) is 10.1. The lowest BCUT2D eigenvalue weighted by molar-refractivity contribution is -0.138. The highest BCUT2D eigenvalue weighted by molar-refractivity contribution is 6.67. The highest BCUT2D eigenvalue weighted by atomic mass is 16.4. The quantitative estimate of drug-likeness (QED) is 0.746. The van der Waals surface area contributed by atoms with E-state index in [4.69, 9.17) is 9.76 Å². The predicted octanol–water partition coefficient (Wildman–Crippen LogP) is 1.89. The van der Waals surface area contributed by atoms with Crippen LogP contribution in [0.3, 0.4) is 0 Å². The number of hydrazone groups is 1. The molecule has 2 aromatic rings. The molecule has 6 nitrogen and oxygen atoms in total. The fraction of sp³-hybridized carbons (Fsp3) is 0.619. The molecule has 0 spiro atoms. The Morgan fingerprint density at radius 3 is 2.93 bits per heavy atom. The first-order valence-corrected chi connectivity index (χ1v) is 10.8. The van der Waals surface area contributed by atoms with Gasteiger partial charge in [0.1, 0.15) is 5.65 Å². The van der Waals surface area contributed by atoms with Gasteiger partial charge in [-0.15, -0.1) is 0 Å². The first-order valence-electron chi connectivity index (χ1n) is 10.8. The highest BCUT2D eigenvalue weighted by Gasteiger charge is 2.57. The average molecular weight is 376 g/mol. The largest absolute Gasteiger partial charge is 0.471 e. The zero-order valence-electron chi connectivity index (χ0n) is 16.0. The third-order valence-electron chi connectivity index (χ3n) is 8.01. The molecule has 0 amide bonds. The third kappa shape index (κ3) is 2.06. The molecule has 1 saturated heterocycles. The van der Waals surface area contributed by atoms with E-state index in [0.29, 0.717) is 23.7 Å². The van der Waals surface area contributed by atoms with Crippen molar-refractivity contribution < 1.29 is 9.76 Å². The van der Waals surface area contributed by atoms with Gasteiger partial charge in [0.25, 0.3) is 0 Å². The van der Waals surface area contributed by atoms with E-state index in [2.05, 4.69) is 21.0 Å². The number of hydrogen-bond donors (Lipinski definition) is 2. The second kappa shape index (κ2) is 5.39. The number of hydrogen-bond acceptors (Lipinski definition) is 5. The molecule has 4 bridgehead atoms. The molecule has 2 aliphatic heterocycles. The minimum Gasteiger partial charge on any atom is -0.412 e. The summed E-state index contributed by atoms with van der Waals surface area (Å²) in [5.41, 5.74) is 4.17. The van der Waals surface area contributed by atoms with E-state index >= 15 is 0 Å². The molecular weight excluding hydrogens is 351 g/mol. The standard InChI is InChI=1S/C21H25BN4O2/c27-21-8-12-6-13(9-21)17(14(7-12)10-21)19-18-15-2-3-23-20(15)24-11-16(18)22-26(25-19)4-1-5-28-22/h2-3,11-14,17,27H,1,4-10H2,(H,23,24)/t12?,13?,14?,17-,21-. The second-order valence-electron chi connectivity index (χ2n) is 9.77. The number of rotatable bonds is 1. The summed E-state index contributed by atoms with van der Waals surface area (Å²) in [5.74, 6) is 2.25. The van der Waals surface area contributed by atoms with Crippen molar-refractivity contribution in [2.75, 3.05) is 13.2 Å². The Hall–Kier alpha value is -1.86. The fourth-order valence-corrected chi connectivity index (χ4v) is 7.32. The highest BCUT2D eigenvalue weighted by Crippen LogP contribution is 2.59. The first-order chi connectivity index (χ1) is 13.7. The van der Waals surface area contributed by atoms with Crippen LogP contribution in [0.25, 0.3) is 11.0 Å². The van der Waals surface area contributed by atoms with E-state index in [1.165, 1.54) is 29.6 Å². The number of fused-ring (bicyclic) bond motifs is 5. The van der Waals surface area contributed by atoms with Crippen LogP contribution in [-0.4, -0.2) is 51.5 Å². The van der Waals surface area contributed by atoms with Crippen LogP contribution >= 0.6 is 0 Å². The summed E-state index contributed by atoms with van der Waals surface area (Å²) in [5, 5.41) is 17.5. The molecule has 8 rings (SSSR count). The van der Waals surface area contributed by atoms with Gasteiger partial charge in [-0.2, -0.15) is 5.10 Å². The van der Waals surface area contributed by atoms with Crippen molar-refractivity contribution in [3.8, 4) is 0 Å². The van der Waals surface area contributed by atoms with Crippen LogP contribution < -0.4 is 5.46 Å². The maximum atomic E-state index is 11.1. The minimum absolute atomic E-state index is 0.111. The van der Waals surface area contributed by atoms with Crippen LogP contribution in [0.5, 0.6) is 0 Å². The molecule has 2 aromatic heterocycles. The molecule has 2 atom stereocenters. The third-order valence-corrected chi connectivity index (χ3v) is 8.01. The van der Waals surface area contributed by atoms with Crippen LogP contribution in [0.2, 0.25) is 0 Å². The van der Waals surface area contributed by atoms with Crippen LogP contribution in [-0.2, 0) is 4.65 Å². The van der Waals surface area contributed by atoms with E-state index < -0.39 is 5.60 Å². The SMILES string of the molecule is O[C@]12CC3CC(C1)[C@@H](C1=NN4CCCOB4c4cnc5[nH]ccc5c41)C(C3)C2. The molecule has 5 fully saturated rings. The van der Waals surface area contributed by atoms with Crippen molar-refractivity contribution in [2.45, 2.75) is 44.1 Å². The second-order valence-corrected chi connectivity index (χ2v) is 9.77. The van der Waals surface area contributed by atoms with E-state index in [1.54, 1.807) is 0 Å². The first kappa shape index (κ1) is 16.0. The minimum atomic E-state index is -0.413. The summed E-state index contributed by atoms with van der Waals surface area (Å²) in [7, 11) is -0.111. The lowest BCUT2D eigenvalue weighted by Gasteiger charge is -2.58. The van der Waals surface area contributed by atoms with Gasteiger partial charge in [0.05, 0.1) is 11.3 Å². The number of H-pyrrole nitrogens is 1. The predicted molar refractivity (Wildman–Crippen MR) is 107 cm³/mol. The van der Waals surface area contributed by atoms with Gasteiger partial charge in [0.15, 0.2) is 0 Å². The van der Waals surface area contributed by atoms with Gasteiger partial charge in [-0.3, -0.25) is 0 Å². The van der Waals surface area contributed by atoms with Gasteiger partial charge in [-0.25, -0.2) is 4.98 Å². The smallest absolute Gasteiger partial charge is 0.412 e. The average Bonchev–Trinajstić information content (AvgIpc) is 3.15. The van der Waals surface area contributed by atoms with E-state index in [1.807, 2.05) is 12.4 Å². The van der Waals surface area contributed by atoms with Crippen molar-refractivity contribution in [1.29, 1.82) is 0 Å². The molecule has 4 heterocycles. The van der Waals surface area contributed by atoms with Gasteiger partial charge in [-0.05, 0) is 62.3 Å². The van der Waals surface area contributed by atoms with E-state index in [9.17, 15) is 5.11 Å². The summed E-state index contributed by atoms with van der Waals surface area (Å²) in [6.07, 6.45) is 10.4. The Morgan fingerprint density at radius 1 is 1.25 bits per heavy atom. The Kier molecular flexibility index (Phi) is 3.08. The molecule has 4 saturated carbocycles. The molecule has 28 heavy (non-hydrogen) atoms. The molecular formula is C21H25BN4O2. The molecule has 0 aromatic carbocycles. The van der Waals surface area contributed by atoms with Crippen LogP contribution in [0, 0.1) is 23.7 Å². The fourth-order valence-electron chi connectivity index (χ4n) is 7.32. The Labute approximate surface area is 164 Å². The number of aliphatic hydroxyl groups is 1. The van der Waals surface area contributed by atoms with Gasteiger partial charge < -0.3 is 19.7 Å². The Balaban J connectivity index is 1.41.